The maximum Gasteiger partial charge on any atom is 0.232 e. The number of rotatable bonds is 4. The lowest BCUT2D eigenvalue weighted by molar-refractivity contribution is -0.143. The summed E-state index contributed by atoms with van der Waals surface area (Å²) in [5, 5.41) is 6.80. The fourth-order valence-electron chi connectivity index (χ4n) is 4.26. The van der Waals surface area contributed by atoms with Crippen molar-refractivity contribution >= 4 is 29.1 Å². The summed E-state index contributed by atoms with van der Waals surface area (Å²) in [5.74, 6) is -1.05. The molecule has 0 aromatic heterocycles. The van der Waals surface area contributed by atoms with E-state index in [-0.39, 0.29) is 35.6 Å². The summed E-state index contributed by atoms with van der Waals surface area (Å²) in [6.45, 7) is 2.04. The van der Waals surface area contributed by atoms with Gasteiger partial charge in [-0.3, -0.25) is 14.9 Å². The van der Waals surface area contributed by atoms with Gasteiger partial charge >= 0.3 is 0 Å². The van der Waals surface area contributed by atoms with Gasteiger partial charge in [0.05, 0.1) is 12.0 Å². The van der Waals surface area contributed by atoms with Crippen molar-refractivity contribution in [1.29, 1.82) is 0 Å². The molecule has 2 aromatic carbocycles. The van der Waals surface area contributed by atoms with E-state index in [0.29, 0.717) is 5.02 Å². The Morgan fingerprint density at radius 2 is 1.75 bits per heavy atom. The summed E-state index contributed by atoms with van der Waals surface area (Å²) < 4.78 is 0. The molecule has 4 rings (SSSR count). The molecule has 2 aromatic rings. The van der Waals surface area contributed by atoms with E-state index in [0.717, 1.165) is 24.1 Å². The highest BCUT2D eigenvalue weighted by Gasteiger charge is 2.46. The van der Waals surface area contributed by atoms with Gasteiger partial charge in [-0.25, -0.2) is 0 Å². The number of carbonyl (C=O) groups excluding carboxylic acids is 2. The van der Waals surface area contributed by atoms with Crippen LogP contribution in [0.1, 0.15) is 30.0 Å². The molecule has 0 saturated carbocycles. The molecule has 0 spiro atoms. The predicted octanol–water partition coefficient (Wildman–Crippen LogP) is 4.66. The minimum Gasteiger partial charge on any atom is -0.377 e. The van der Waals surface area contributed by atoms with Gasteiger partial charge in [-0.05, 0) is 49.6 Å². The number of carbonyl (C=O) groups is 2. The second-order valence-corrected chi connectivity index (χ2v) is 8.04. The summed E-state index contributed by atoms with van der Waals surface area (Å²) in [6.07, 6.45) is 5.78. The number of hydrogen-bond acceptors (Lipinski definition) is 3. The molecule has 0 bridgehead atoms. The molecule has 4 atom stereocenters. The van der Waals surface area contributed by atoms with E-state index in [9.17, 15) is 9.59 Å². The number of hydrogen-bond donors (Lipinski definition) is 2. The molecule has 4 nitrogen and oxygen atoms in total. The van der Waals surface area contributed by atoms with E-state index >= 15 is 0 Å². The zero-order chi connectivity index (χ0) is 19.7. The lowest BCUT2D eigenvalue weighted by Crippen LogP contribution is -2.54. The van der Waals surface area contributed by atoms with E-state index in [1.165, 1.54) is 5.56 Å². The minimum absolute atomic E-state index is 0.117. The van der Waals surface area contributed by atoms with Crippen LogP contribution in [0.5, 0.6) is 0 Å². The topological polar surface area (TPSA) is 58.2 Å². The van der Waals surface area contributed by atoms with Gasteiger partial charge in [0.1, 0.15) is 0 Å². The Bertz CT molecular complexity index is 905. The number of amides is 2. The Hall–Kier alpha value is -2.59. The van der Waals surface area contributed by atoms with Crippen molar-refractivity contribution in [3.8, 4) is 0 Å². The Balaban J connectivity index is 1.74. The van der Waals surface area contributed by atoms with Crippen molar-refractivity contribution < 1.29 is 9.59 Å². The van der Waals surface area contributed by atoms with Gasteiger partial charge in [0.2, 0.25) is 11.8 Å². The van der Waals surface area contributed by atoms with Crippen LogP contribution >= 0.6 is 11.6 Å². The first kappa shape index (κ1) is 18.8. The molecule has 1 aliphatic heterocycles. The van der Waals surface area contributed by atoms with Crippen molar-refractivity contribution in [3.63, 3.8) is 0 Å². The van der Waals surface area contributed by atoms with E-state index < -0.39 is 0 Å². The van der Waals surface area contributed by atoms with Crippen LogP contribution in [-0.4, -0.2) is 11.8 Å². The molecule has 5 heteroatoms. The molecule has 2 amide bonds. The maximum atomic E-state index is 13.0. The molecule has 1 fully saturated rings. The first-order valence-corrected chi connectivity index (χ1v) is 10.0. The van der Waals surface area contributed by atoms with Gasteiger partial charge in [0.15, 0.2) is 0 Å². The SMILES string of the molecule is Cc1ccc(N[C@H](c2ccc(Cl)cc2)[C@@H]2C(=O)NC(=O)[C@@H]3CCC=C[C@H]23)cc1. The largest absolute Gasteiger partial charge is 0.377 e. The highest BCUT2D eigenvalue weighted by molar-refractivity contribution is 6.30. The van der Waals surface area contributed by atoms with Crippen LogP contribution in [0, 0.1) is 24.7 Å². The molecule has 2 N–H and O–H groups in total. The van der Waals surface area contributed by atoms with Crippen LogP contribution in [0.25, 0.3) is 0 Å². The standard InChI is InChI=1S/C23H23ClN2O2/c1-14-6-12-17(13-7-14)25-21(15-8-10-16(24)11-9-15)20-18-4-2-3-5-19(18)22(27)26-23(20)28/h2,4,6-13,18-21,25H,3,5H2,1H3,(H,26,27,28)/t18-,19+,20+,21+/m0/s1. The Labute approximate surface area is 170 Å². The summed E-state index contributed by atoms with van der Waals surface area (Å²) in [5.41, 5.74) is 3.08. The number of halogens is 1. The summed E-state index contributed by atoms with van der Waals surface area (Å²) in [6, 6.07) is 15.4. The van der Waals surface area contributed by atoms with Crippen molar-refractivity contribution in [2.24, 2.45) is 17.8 Å². The van der Waals surface area contributed by atoms with Crippen LogP contribution < -0.4 is 10.6 Å². The van der Waals surface area contributed by atoms with Crippen LogP contribution in [-0.2, 0) is 9.59 Å². The van der Waals surface area contributed by atoms with Gasteiger partial charge in [-0.15, -0.1) is 0 Å². The number of benzene rings is 2. The third-order valence-electron chi connectivity index (χ3n) is 5.73. The smallest absolute Gasteiger partial charge is 0.232 e. The first-order chi connectivity index (χ1) is 13.5. The van der Waals surface area contributed by atoms with Gasteiger partial charge in [0, 0.05) is 22.5 Å². The van der Waals surface area contributed by atoms with Crippen LogP contribution in [0.2, 0.25) is 5.02 Å². The zero-order valence-corrected chi connectivity index (χ0v) is 16.4. The minimum atomic E-state index is -0.387. The van der Waals surface area contributed by atoms with E-state index in [2.05, 4.69) is 22.8 Å². The highest BCUT2D eigenvalue weighted by atomic mass is 35.5. The number of piperidine rings is 1. The van der Waals surface area contributed by atoms with Crippen LogP contribution in [0.15, 0.2) is 60.7 Å². The molecular formula is C23H23ClN2O2. The van der Waals surface area contributed by atoms with Crippen molar-refractivity contribution in [1.82, 2.24) is 5.32 Å². The molecular weight excluding hydrogens is 372 g/mol. The van der Waals surface area contributed by atoms with Crippen LogP contribution in [0.4, 0.5) is 5.69 Å². The third-order valence-corrected chi connectivity index (χ3v) is 5.98. The number of aryl methyl sites for hydroxylation is 1. The molecule has 0 radical (unpaired) electrons. The molecule has 2 aliphatic rings. The lowest BCUT2D eigenvalue weighted by atomic mass is 9.69. The highest BCUT2D eigenvalue weighted by Crippen LogP contribution is 2.42. The summed E-state index contributed by atoms with van der Waals surface area (Å²) >= 11 is 6.08. The number of nitrogens with one attached hydrogen (secondary N) is 2. The van der Waals surface area contributed by atoms with E-state index in [4.69, 9.17) is 11.6 Å². The van der Waals surface area contributed by atoms with Crippen molar-refractivity contribution in [2.45, 2.75) is 25.8 Å². The van der Waals surface area contributed by atoms with Gasteiger partial charge in [0.25, 0.3) is 0 Å². The molecule has 1 saturated heterocycles. The second kappa shape index (κ2) is 7.80. The van der Waals surface area contributed by atoms with Gasteiger partial charge < -0.3 is 5.32 Å². The molecule has 144 valence electrons. The Kier molecular flexibility index (Phi) is 5.23. The van der Waals surface area contributed by atoms with Crippen molar-refractivity contribution in [2.75, 3.05) is 5.32 Å². The number of anilines is 1. The fourth-order valence-corrected chi connectivity index (χ4v) is 4.38. The van der Waals surface area contributed by atoms with Crippen molar-refractivity contribution in [3.05, 3.63) is 76.8 Å². The monoisotopic (exact) mass is 394 g/mol. The quantitative estimate of drug-likeness (QED) is 0.585. The van der Waals surface area contributed by atoms with E-state index in [1.54, 1.807) is 0 Å². The molecule has 1 aliphatic carbocycles. The zero-order valence-electron chi connectivity index (χ0n) is 15.7. The van der Waals surface area contributed by atoms with Gasteiger partial charge in [-0.1, -0.05) is 53.6 Å². The lowest BCUT2D eigenvalue weighted by Gasteiger charge is -2.41. The Morgan fingerprint density at radius 3 is 2.46 bits per heavy atom. The fraction of sp³-hybridized carbons (Fsp3) is 0.304. The molecule has 1 heterocycles. The third kappa shape index (κ3) is 3.69. The number of imide groups is 1. The number of allylic oxidation sites excluding steroid dienone is 2. The summed E-state index contributed by atoms with van der Waals surface area (Å²) in [4.78, 5) is 25.3. The van der Waals surface area contributed by atoms with Gasteiger partial charge in [-0.2, -0.15) is 0 Å². The molecule has 28 heavy (non-hydrogen) atoms. The van der Waals surface area contributed by atoms with Crippen LogP contribution in [0.3, 0.4) is 0 Å². The predicted molar refractivity (Wildman–Crippen MR) is 111 cm³/mol. The average molecular weight is 395 g/mol. The second-order valence-electron chi connectivity index (χ2n) is 7.61. The number of fused-ring (bicyclic) bond motifs is 1. The summed E-state index contributed by atoms with van der Waals surface area (Å²) in [7, 11) is 0. The first-order valence-electron chi connectivity index (χ1n) is 9.63. The molecule has 0 unspecified atom stereocenters. The Morgan fingerprint density at radius 1 is 1.04 bits per heavy atom. The van der Waals surface area contributed by atoms with E-state index in [1.807, 2.05) is 55.5 Å². The normalized spacial score (nSPS) is 25.0. The maximum absolute atomic E-state index is 13.0. The average Bonchev–Trinajstić information content (AvgIpc) is 2.69.